The molecule has 9 nitrogen and oxygen atoms in total. The van der Waals surface area contributed by atoms with Crippen molar-refractivity contribution in [2.75, 3.05) is 19.8 Å². The summed E-state index contributed by atoms with van der Waals surface area (Å²) in [6.45, 7) is -0.228. The maximum absolute atomic E-state index is 13.7. The number of amides is 2. The van der Waals surface area contributed by atoms with Gasteiger partial charge in [0.15, 0.2) is 6.04 Å². The van der Waals surface area contributed by atoms with E-state index < -0.39 is 42.3 Å². The van der Waals surface area contributed by atoms with Crippen molar-refractivity contribution in [3.8, 4) is 0 Å². The van der Waals surface area contributed by atoms with E-state index in [9.17, 15) is 24.3 Å². The van der Waals surface area contributed by atoms with Gasteiger partial charge < -0.3 is 24.8 Å². The third kappa shape index (κ3) is 11.8. The molecule has 248 valence electrons. The molecule has 9 heteroatoms. The second-order valence-corrected chi connectivity index (χ2v) is 11.7. The lowest BCUT2D eigenvalue weighted by Crippen LogP contribution is -2.48. The van der Waals surface area contributed by atoms with Gasteiger partial charge in [-0.05, 0) is 48.8 Å². The maximum Gasteiger partial charge on any atom is 0.332 e. The first-order chi connectivity index (χ1) is 22.9. The number of carbonyl (C=O) groups excluding carboxylic acids is 4. The van der Waals surface area contributed by atoms with Crippen LogP contribution in [0.5, 0.6) is 0 Å². The first-order valence-corrected chi connectivity index (χ1v) is 16.2. The van der Waals surface area contributed by atoms with Gasteiger partial charge in [-0.3, -0.25) is 14.4 Å². The van der Waals surface area contributed by atoms with Crippen molar-refractivity contribution in [3.63, 3.8) is 0 Å². The summed E-state index contributed by atoms with van der Waals surface area (Å²) in [7, 11) is 0. The SMILES string of the molecule is O=C1N[C@@H](C(=O)OCc2ccccc2)COC(=O)[C@@H](Cc2ccccc2)CCCC=CC[C@@H]1CC(=O)N(CCO)Cc1ccccc1. The summed E-state index contributed by atoms with van der Waals surface area (Å²) in [5.74, 6) is -3.23. The van der Waals surface area contributed by atoms with Crippen LogP contribution >= 0.6 is 0 Å². The van der Waals surface area contributed by atoms with Crippen LogP contribution in [-0.4, -0.2) is 59.6 Å². The Morgan fingerprint density at radius 3 is 2.15 bits per heavy atom. The van der Waals surface area contributed by atoms with E-state index in [1.165, 1.54) is 4.90 Å². The molecule has 1 heterocycles. The number of carbonyl (C=O) groups is 4. The summed E-state index contributed by atoms with van der Waals surface area (Å²) in [5, 5.41) is 12.4. The van der Waals surface area contributed by atoms with E-state index in [0.717, 1.165) is 23.1 Å². The Bertz CT molecular complexity index is 1450. The number of hydrogen-bond donors (Lipinski definition) is 2. The van der Waals surface area contributed by atoms with Gasteiger partial charge in [0.1, 0.15) is 13.2 Å². The number of nitrogens with one attached hydrogen (secondary N) is 1. The van der Waals surface area contributed by atoms with E-state index in [1.807, 2.05) is 103 Å². The van der Waals surface area contributed by atoms with Gasteiger partial charge >= 0.3 is 11.9 Å². The summed E-state index contributed by atoms with van der Waals surface area (Å²) >= 11 is 0. The molecule has 0 saturated heterocycles. The molecule has 0 fully saturated rings. The highest BCUT2D eigenvalue weighted by Gasteiger charge is 2.31. The van der Waals surface area contributed by atoms with Crippen LogP contribution in [0.25, 0.3) is 0 Å². The minimum atomic E-state index is -1.27. The predicted molar refractivity (Wildman–Crippen MR) is 177 cm³/mol. The van der Waals surface area contributed by atoms with E-state index in [2.05, 4.69) is 5.32 Å². The maximum atomic E-state index is 13.7. The molecule has 0 aliphatic carbocycles. The van der Waals surface area contributed by atoms with Gasteiger partial charge in [-0.2, -0.15) is 0 Å². The second kappa shape index (κ2) is 19.0. The first kappa shape index (κ1) is 35.1. The summed E-state index contributed by atoms with van der Waals surface area (Å²) < 4.78 is 11.2. The molecule has 0 bridgehead atoms. The van der Waals surface area contributed by atoms with Crippen LogP contribution in [-0.2, 0) is 48.2 Å². The predicted octanol–water partition coefficient (Wildman–Crippen LogP) is 4.77. The highest BCUT2D eigenvalue weighted by Crippen LogP contribution is 2.20. The second-order valence-electron chi connectivity index (χ2n) is 11.7. The molecule has 0 aromatic heterocycles. The molecule has 1 aliphatic rings. The van der Waals surface area contributed by atoms with Gasteiger partial charge in [0, 0.05) is 19.5 Å². The zero-order valence-corrected chi connectivity index (χ0v) is 26.7. The number of nitrogens with zero attached hydrogens (tertiary/aromatic N) is 1. The Hall–Kier alpha value is -4.76. The number of benzene rings is 3. The van der Waals surface area contributed by atoms with E-state index in [0.29, 0.717) is 25.8 Å². The number of aliphatic hydroxyl groups is 1. The Morgan fingerprint density at radius 2 is 1.49 bits per heavy atom. The van der Waals surface area contributed by atoms with Crippen molar-refractivity contribution in [2.45, 2.75) is 57.7 Å². The van der Waals surface area contributed by atoms with Crippen LogP contribution in [0, 0.1) is 11.8 Å². The van der Waals surface area contributed by atoms with Crippen LogP contribution in [0.15, 0.2) is 103 Å². The summed E-state index contributed by atoms with van der Waals surface area (Å²) in [5.41, 5.74) is 2.68. The first-order valence-electron chi connectivity index (χ1n) is 16.2. The standard InChI is InChI=1S/C38H44N2O7/c41-23-22-40(26-30-16-8-4-9-17-30)35(42)25-32-20-12-1-2-13-21-33(24-29-14-6-3-7-15-29)37(44)47-28-34(39-36(32)43)38(45)46-27-31-18-10-5-11-19-31/h1,3-12,14-19,32-34,41H,2,13,20-28H2,(H,39,43)/t32-,33-,34-/m1/s1. The van der Waals surface area contributed by atoms with Crippen molar-refractivity contribution < 1.29 is 33.8 Å². The third-order valence-electron chi connectivity index (χ3n) is 8.12. The van der Waals surface area contributed by atoms with Gasteiger partial charge in [0.05, 0.1) is 18.4 Å². The molecule has 3 aromatic carbocycles. The lowest BCUT2D eigenvalue weighted by molar-refractivity contribution is -0.157. The molecule has 3 aromatic rings. The van der Waals surface area contributed by atoms with Gasteiger partial charge in [-0.15, -0.1) is 0 Å². The largest absolute Gasteiger partial charge is 0.463 e. The third-order valence-corrected chi connectivity index (χ3v) is 8.12. The van der Waals surface area contributed by atoms with E-state index >= 15 is 0 Å². The van der Waals surface area contributed by atoms with Crippen molar-refractivity contribution in [1.29, 1.82) is 0 Å². The smallest absolute Gasteiger partial charge is 0.332 e. The fourth-order valence-corrected chi connectivity index (χ4v) is 5.47. The fraction of sp³-hybridized carbons (Fsp3) is 0.368. The molecular formula is C38H44N2O7. The Kier molecular flexibility index (Phi) is 14.2. The lowest BCUT2D eigenvalue weighted by Gasteiger charge is -2.26. The quantitative estimate of drug-likeness (QED) is 0.229. The molecule has 0 saturated carbocycles. The van der Waals surface area contributed by atoms with Crippen LogP contribution in [0.2, 0.25) is 0 Å². The molecule has 47 heavy (non-hydrogen) atoms. The van der Waals surface area contributed by atoms with Crippen LogP contribution < -0.4 is 5.32 Å². The molecule has 2 N–H and O–H groups in total. The van der Waals surface area contributed by atoms with E-state index in [4.69, 9.17) is 9.47 Å². The number of allylic oxidation sites excluding steroid dienone is 2. The monoisotopic (exact) mass is 640 g/mol. The molecule has 1 aliphatic heterocycles. The highest BCUT2D eigenvalue weighted by molar-refractivity contribution is 5.89. The fourth-order valence-electron chi connectivity index (χ4n) is 5.47. The number of cyclic esters (lactones) is 1. The molecule has 0 radical (unpaired) electrons. The zero-order chi connectivity index (χ0) is 33.3. The Balaban J connectivity index is 1.52. The molecule has 3 atom stereocenters. The number of esters is 2. The van der Waals surface area contributed by atoms with Crippen molar-refractivity contribution in [1.82, 2.24) is 10.2 Å². The Morgan fingerprint density at radius 1 is 0.851 bits per heavy atom. The normalized spacial score (nSPS) is 19.1. The van der Waals surface area contributed by atoms with Gasteiger partial charge in [0.2, 0.25) is 11.8 Å². The van der Waals surface area contributed by atoms with Crippen LogP contribution in [0.4, 0.5) is 0 Å². The summed E-state index contributed by atoms with van der Waals surface area (Å²) in [6, 6.07) is 27.0. The minimum Gasteiger partial charge on any atom is -0.463 e. The number of rotatable bonds is 11. The molecule has 4 rings (SSSR count). The van der Waals surface area contributed by atoms with Gasteiger partial charge in [-0.25, -0.2) is 4.79 Å². The zero-order valence-electron chi connectivity index (χ0n) is 26.7. The summed E-state index contributed by atoms with van der Waals surface area (Å²) in [6.07, 6.45) is 6.49. The minimum absolute atomic E-state index is 0.0170. The number of ether oxygens (including phenoxy) is 2. The topological polar surface area (TPSA) is 122 Å². The van der Waals surface area contributed by atoms with Crippen LogP contribution in [0.3, 0.4) is 0 Å². The van der Waals surface area contributed by atoms with E-state index in [1.54, 1.807) is 0 Å². The van der Waals surface area contributed by atoms with Crippen molar-refractivity contribution >= 4 is 23.8 Å². The van der Waals surface area contributed by atoms with Gasteiger partial charge in [0.25, 0.3) is 0 Å². The average molecular weight is 641 g/mol. The molecular weight excluding hydrogens is 596 g/mol. The summed E-state index contributed by atoms with van der Waals surface area (Å²) in [4.78, 5) is 55.4. The average Bonchev–Trinajstić information content (AvgIpc) is 3.09. The van der Waals surface area contributed by atoms with Crippen molar-refractivity contribution in [3.05, 3.63) is 120 Å². The van der Waals surface area contributed by atoms with E-state index in [-0.39, 0.29) is 38.5 Å². The molecule has 0 unspecified atom stereocenters. The number of aliphatic hydroxyl groups excluding tert-OH is 1. The van der Waals surface area contributed by atoms with Gasteiger partial charge in [-0.1, -0.05) is 103 Å². The highest BCUT2D eigenvalue weighted by atomic mass is 16.6. The molecule has 2 amide bonds. The number of hydrogen-bond acceptors (Lipinski definition) is 7. The molecule has 0 spiro atoms. The van der Waals surface area contributed by atoms with Crippen molar-refractivity contribution in [2.24, 2.45) is 11.8 Å². The lowest BCUT2D eigenvalue weighted by atomic mass is 9.93. The van der Waals surface area contributed by atoms with Crippen LogP contribution in [0.1, 0.15) is 48.8 Å². The Labute approximate surface area is 276 Å².